The van der Waals surface area contributed by atoms with Gasteiger partial charge in [0.05, 0.1) is 12.4 Å². The molecule has 2 fully saturated rings. The Labute approximate surface area is 192 Å². The summed E-state index contributed by atoms with van der Waals surface area (Å²) >= 11 is 0. The summed E-state index contributed by atoms with van der Waals surface area (Å²) in [5.74, 6) is 3.81. The Kier molecular flexibility index (Phi) is 5.43. The largest absolute Gasteiger partial charge is 0.445 e. The Balaban J connectivity index is 1.21. The Morgan fingerprint density at radius 3 is 2.67 bits per heavy atom. The van der Waals surface area contributed by atoms with E-state index in [1.807, 2.05) is 22.8 Å². The van der Waals surface area contributed by atoms with Crippen molar-refractivity contribution in [2.75, 3.05) is 30.3 Å². The van der Waals surface area contributed by atoms with Gasteiger partial charge in [-0.3, -0.25) is 0 Å². The average molecular weight is 444 g/mol. The van der Waals surface area contributed by atoms with Crippen LogP contribution in [0.15, 0.2) is 53.4 Å². The molecule has 0 atom stereocenters. The van der Waals surface area contributed by atoms with E-state index in [2.05, 4.69) is 44.2 Å². The summed E-state index contributed by atoms with van der Waals surface area (Å²) in [5.41, 5.74) is 4.38. The first-order chi connectivity index (χ1) is 16.3. The van der Waals surface area contributed by atoms with Gasteiger partial charge in [-0.05, 0) is 68.3 Å². The van der Waals surface area contributed by atoms with Crippen LogP contribution in [0.25, 0.3) is 17.1 Å². The van der Waals surface area contributed by atoms with Gasteiger partial charge in [0, 0.05) is 30.3 Å². The van der Waals surface area contributed by atoms with Crippen molar-refractivity contribution in [3.63, 3.8) is 0 Å². The lowest BCUT2D eigenvalue weighted by Gasteiger charge is -2.23. The van der Waals surface area contributed by atoms with E-state index >= 15 is 0 Å². The van der Waals surface area contributed by atoms with Crippen LogP contribution in [0.2, 0.25) is 0 Å². The highest BCUT2D eigenvalue weighted by atomic mass is 16.3. The Morgan fingerprint density at radius 1 is 1.06 bits per heavy atom. The zero-order chi connectivity index (χ0) is 22.0. The summed E-state index contributed by atoms with van der Waals surface area (Å²) in [4.78, 5) is 9.17. The Hall–Kier alpha value is -3.39. The van der Waals surface area contributed by atoms with Crippen molar-refractivity contribution in [2.45, 2.75) is 38.1 Å². The summed E-state index contributed by atoms with van der Waals surface area (Å²) in [6.07, 6.45) is 10.1. The van der Waals surface area contributed by atoms with E-state index in [9.17, 15) is 0 Å². The predicted octanol–water partition coefficient (Wildman–Crippen LogP) is 4.29. The minimum absolute atomic E-state index is 0.602. The highest BCUT2D eigenvalue weighted by Crippen LogP contribution is 2.42. The second-order valence-corrected chi connectivity index (χ2v) is 9.10. The molecule has 2 aliphatic rings. The van der Waals surface area contributed by atoms with Crippen LogP contribution in [0.5, 0.6) is 0 Å². The van der Waals surface area contributed by atoms with Gasteiger partial charge in [0.2, 0.25) is 5.89 Å². The zero-order valence-electron chi connectivity index (χ0n) is 18.6. The summed E-state index contributed by atoms with van der Waals surface area (Å²) in [7, 11) is 0. The number of aromatic nitrogens is 4. The van der Waals surface area contributed by atoms with Gasteiger partial charge in [-0.15, -0.1) is 0 Å². The van der Waals surface area contributed by atoms with Gasteiger partial charge in [-0.25, -0.2) is 9.97 Å². The molecule has 4 aromatic rings. The number of oxazole rings is 1. The molecule has 0 amide bonds. The SMILES string of the molecule is c1coc(-c2ccc(CNc3cc(NCC4CCNCC4)nc4c(C5CC5)cnn34)cc2)n1. The molecular formula is C25H29N7O. The molecule has 1 aromatic carbocycles. The third-order valence-corrected chi connectivity index (χ3v) is 6.65. The van der Waals surface area contributed by atoms with E-state index in [0.29, 0.717) is 24.3 Å². The lowest BCUT2D eigenvalue weighted by atomic mass is 9.98. The second kappa shape index (κ2) is 8.86. The van der Waals surface area contributed by atoms with Crippen molar-refractivity contribution >= 4 is 17.3 Å². The molecule has 1 saturated heterocycles. The molecule has 0 spiro atoms. The van der Waals surface area contributed by atoms with Gasteiger partial charge >= 0.3 is 0 Å². The van der Waals surface area contributed by atoms with Crippen LogP contribution in [-0.4, -0.2) is 39.2 Å². The van der Waals surface area contributed by atoms with Crippen LogP contribution in [0.4, 0.5) is 11.6 Å². The van der Waals surface area contributed by atoms with Crippen molar-refractivity contribution in [1.82, 2.24) is 24.9 Å². The van der Waals surface area contributed by atoms with E-state index < -0.39 is 0 Å². The van der Waals surface area contributed by atoms with E-state index in [4.69, 9.17) is 9.40 Å². The highest BCUT2D eigenvalue weighted by Gasteiger charge is 2.28. The molecule has 0 unspecified atom stereocenters. The molecular weight excluding hydrogens is 414 g/mol. The number of anilines is 2. The normalized spacial score (nSPS) is 16.8. The number of piperidine rings is 1. The molecule has 8 nitrogen and oxygen atoms in total. The first-order valence-corrected chi connectivity index (χ1v) is 11.9. The van der Waals surface area contributed by atoms with E-state index in [-0.39, 0.29) is 0 Å². The molecule has 1 aliphatic heterocycles. The number of rotatable bonds is 8. The summed E-state index contributed by atoms with van der Waals surface area (Å²) in [6.45, 7) is 3.86. The monoisotopic (exact) mass is 443 g/mol. The third kappa shape index (κ3) is 4.43. The van der Waals surface area contributed by atoms with Crippen molar-refractivity contribution in [1.29, 1.82) is 0 Å². The maximum atomic E-state index is 5.39. The van der Waals surface area contributed by atoms with Gasteiger partial charge in [0.1, 0.15) is 17.9 Å². The van der Waals surface area contributed by atoms with Gasteiger partial charge in [-0.1, -0.05) is 12.1 Å². The van der Waals surface area contributed by atoms with Crippen LogP contribution in [0, 0.1) is 5.92 Å². The van der Waals surface area contributed by atoms with Crippen molar-refractivity contribution in [3.8, 4) is 11.5 Å². The van der Waals surface area contributed by atoms with Crippen LogP contribution in [0.3, 0.4) is 0 Å². The summed E-state index contributed by atoms with van der Waals surface area (Å²) in [5, 5.41) is 15.3. The molecule has 3 aromatic heterocycles. The highest BCUT2D eigenvalue weighted by molar-refractivity contribution is 5.62. The third-order valence-electron chi connectivity index (χ3n) is 6.65. The van der Waals surface area contributed by atoms with E-state index in [1.165, 1.54) is 36.8 Å². The molecule has 3 N–H and O–H groups in total. The topological polar surface area (TPSA) is 92.3 Å². The lowest BCUT2D eigenvalue weighted by Crippen LogP contribution is -2.31. The maximum absolute atomic E-state index is 5.39. The van der Waals surface area contributed by atoms with E-state index in [1.54, 1.807) is 12.5 Å². The standard InChI is InChI=1S/C25H29N7O/c1-3-20(25-27-11-12-33-25)4-2-17(1)15-29-23-13-22(28-14-18-7-9-26-10-8-18)31-24-21(19-5-6-19)16-30-32(23)24/h1-4,11-13,16,18-19,26,29H,5-10,14-15H2,(H,28,31). The van der Waals surface area contributed by atoms with Crippen molar-refractivity contribution in [3.05, 3.63) is 60.1 Å². The fourth-order valence-electron chi connectivity index (χ4n) is 4.54. The molecule has 8 heteroatoms. The van der Waals surface area contributed by atoms with Gasteiger partial charge in [0.25, 0.3) is 0 Å². The van der Waals surface area contributed by atoms with Crippen molar-refractivity contribution < 1.29 is 4.42 Å². The molecule has 1 aliphatic carbocycles. The molecule has 0 radical (unpaired) electrons. The number of hydrogen-bond acceptors (Lipinski definition) is 7. The smallest absolute Gasteiger partial charge is 0.225 e. The number of nitrogens with zero attached hydrogens (tertiary/aromatic N) is 4. The lowest BCUT2D eigenvalue weighted by molar-refractivity contribution is 0.389. The van der Waals surface area contributed by atoms with Crippen LogP contribution in [-0.2, 0) is 6.54 Å². The Morgan fingerprint density at radius 2 is 1.91 bits per heavy atom. The van der Waals surface area contributed by atoms with Crippen molar-refractivity contribution in [2.24, 2.45) is 5.92 Å². The Bertz CT molecular complexity index is 1210. The zero-order valence-corrected chi connectivity index (χ0v) is 18.6. The van der Waals surface area contributed by atoms with Crippen LogP contribution < -0.4 is 16.0 Å². The molecule has 1 saturated carbocycles. The number of benzene rings is 1. The molecule has 4 heterocycles. The quantitative estimate of drug-likeness (QED) is 0.374. The summed E-state index contributed by atoms with van der Waals surface area (Å²) in [6, 6.07) is 10.4. The molecule has 6 rings (SSSR count). The number of fused-ring (bicyclic) bond motifs is 1. The fourth-order valence-corrected chi connectivity index (χ4v) is 4.54. The van der Waals surface area contributed by atoms with Gasteiger partial charge in [-0.2, -0.15) is 9.61 Å². The number of hydrogen-bond donors (Lipinski definition) is 3. The second-order valence-electron chi connectivity index (χ2n) is 9.10. The minimum atomic E-state index is 0.602. The first-order valence-electron chi connectivity index (χ1n) is 11.9. The molecule has 0 bridgehead atoms. The van der Waals surface area contributed by atoms with Gasteiger partial charge in [0.15, 0.2) is 5.65 Å². The predicted molar refractivity (Wildman–Crippen MR) is 128 cm³/mol. The van der Waals surface area contributed by atoms with Crippen LogP contribution in [0.1, 0.15) is 42.7 Å². The first kappa shape index (κ1) is 20.2. The summed E-state index contributed by atoms with van der Waals surface area (Å²) < 4.78 is 7.34. The fraction of sp³-hybridized carbons (Fsp3) is 0.400. The molecule has 33 heavy (non-hydrogen) atoms. The minimum Gasteiger partial charge on any atom is -0.445 e. The molecule has 170 valence electrons. The van der Waals surface area contributed by atoms with Crippen LogP contribution >= 0.6 is 0 Å². The average Bonchev–Trinajstić information content (AvgIpc) is 3.38. The number of nitrogens with one attached hydrogen (secondary N) is 3. The maximum Gasteiger partial charge on any atom is 0.225 e. The van der Waals surface area contributed by atoms with Gasteiger partial charge < -0.3 is 20.4 Å². The van der Waals surface area contributed by atoms with E-state index in [0.717, 1.165) is 42.5 Å².